The number of hydrogen-bond donors (Lipinski definition) is 1. The number of aromatic nitrogens is 1. The second kappa shape index (κ2) is 14.4. The Morgan fingerprint density at radius 2 is 1.59 bits per heavy atom. The van der Waals surface area contributed by atoms with Gasteiger partial charge in [0.2, 0.25) is 0 Å². The van der Waals surface area contributed by atoms with Crippen molar-refractivity contribution < 1.29 is 34.4 Å². The van der Waals surface area contributed by atoms with Gasteiger partial charge in [0.05, 0.1) is 11.3 Å². The molecule has 4 aromatic carbocycles. The molecule has 6 rings (SSSR count). The number of hydrogen-bond acceptors (Lipinski definition) is 4. The summed E-state index contributed by atoms with van der Waals surface area (Å²) in [4.78, 5) is 14.8. The van der Waals surface area contributed by atoms with Crippen LogP contribution >= 0.6 is 0 Å². The third-order valence-corrected chi connectivity index (χ3v) is 7.21. The molecule has 0 fully saturated rings. The van der Waals surface area contributed by atoms with Crippen LogP contribution in [0.15, 0.2) is 113 Å². The van der Waals surface area contributed by atoms with E-state index in [9.17, 15) is 4.79 Å². The quantitative estimate of drug-likeness (QED) is 0.104. The fourth-order valence-electron chi connectivity index (χ4n) is 5.47. The average molecular weight is 759 g/mol. The van der Waals surface area contributed by atoms with E-state index in [1.165, 1.54) is 30.9 Å². The van der Waals surface area contributed by atoms with Crippen molar-refractivity contribution in [3.63, 3.8) is 0 Å². The van der Waals surface area contributed by atoms with Crippen LogP contribution in [-0.2, 0) is 31.3 Å². The van der Waals surface area contributed by atoms with Crippen LogP contribution in [0.4, 0.5) is 0 Å². The number of carbonyl (C=O) groups excluding carboxylic acids is 1. The molecule has 1 N–H and O–H groups in total. The molecule has 0 aliphatic heterocycles. The standard InChI is InChI=1S/C34H28NO.C5H8O2.Ir/c1-22(2)18-24-14-15-29-27(19-24)16-17-35-33(29)28-20-30(25-10-6-4-7-11-25)32-23(3)34(36-31(32)21-28)26-12-8-5-9-13-26;1-4(6)3-5(2)7;/h4-17,19-20,22H,18H2,1-3H3;3,6H,1-2H3;/q-1;;/b;4-3-;. The molecule has 0 spiro atoms. The second-order valence-electron chi connectivity index (χ2n) is 11.3. The van der Waals surface area contributed by atoms with Crippen molar-refractivity contribution in [2.24, 2.45) is 5.92 Å². The average Bonchev–Trinajstić information content (AvgIpc) is 3.32. The normalized spacial score (nSPS) is 11.3. The van der Waals surface area contributed by atoms with Gasteiger partial charge in [-0.1, -0.05) is 110 Å². The SMILES string of the molecule is CC(=O)/C=C(/C)O.Cc1c(-c2ccccc2)oc2[c-]c(-c3nccc4cc(CC(C)C)ccc34)cc(-c3ccccc3)c12.[Ir]. The Morgan fingerprint density at radius 3 is 2.18 bits per heavy atom. The summed E-state index contributed by atoms with van der Waals surface area (Å²) in [7, 11) is 0. The molecule has 4 nitrogen and oxygen atoms in total. The molecule has 1 radical (unpaired) electrons. The number of allylic oxidation sites excluding steroid dienone is 2. The minimum Gasteiger partial charge on any atom is -0.512 e. The number of pyridine rings is 1. The molecule has 6 aromatic rings. The van der Waals surface area contributed by atoms with Crippen molar-refractivity contribution in [3.8, 4) is 33.7 Å². The Morgan fingerprint density at radius 1 is 0.932 bits per heavy atom. The maximum atomic E-state index is 10.0. The first-order valence-electron chi connectivity index (χ1n) is 14.6. The number of aliphatic hydroxyl groups is 1. The van der Waals surface area contributed by atoms with Gasteiger partial charge in [-0.25, -0.2) is 0 Å². The van der Waals surface area contributed by atoms with Crippen LogP contribution in [0.1, 0.15) is 38.8 Å². The van der Waals surface area contributed by atoms with Gasteiger partial charge in [0, 0.05) is 37.9 Å². The van der Waals surface area contributed by atoms with Crippen molar-refractivity contribution in [2.75, 3.05) is 0 Å². The number of rotatable bonds is 6. The number of carbonyl (C=O) groups is 1. The number of fused-ring (bicyclic) bond motifs is 2. The largest absolute Gasteiger partial charge is 0.512 e. The molecule has 5 heteroatoms. The molecule has 0 aliphatic rings. The van der Waals surface area contributed by atoms with Crippen LogP contribution < -0.4 is 0 Å². The second-order valence-corrected chi connectivity index (χ2v) is 11.3. The molecule has 0 saturated carbocycles. The smallest absolute Gasteiger partial charge is 0.155 e. The van der Waals surface area contributed by atoms with Gasteiger partial charge in [-0.15, -0.1) is 11.6 Å². The zero-order valence-corrected chi connectivity index (χ0v) is 28.0. The summed E-state index contributed by atoms with van der Waals surface area (Å²) in [6, 6.07) is 35.5. The summed E-state index contributed by atoms with van der Waals surface area (Å²) in [5, 5.41) is 11.8. The maximum absolute atomic E-state index is 10.0. The molecule has 0 aliphatic carbocycles. The third kappa shape index (κ3) is 7.42. The Hall–Kier alpha value is -4.31. The van der Waals surface area contributed by atoms with Crippen LogP contribution in [-0.4, -0.2) is 15.9 Å². The molecule has 2 aromatic heterocycles. The van der Waals surface area contributed by atoms with Crippen LogP contribution in [0.3, 0.4) is 0 Å². The summed E-state index contributed by atoms with van der Waals surface area (Å²) < 4.78 is 6.50. The summed E-state index contributed by atoms with van der Waals surface area (Å²) in [6.45, 7) is 9.50. The molecule has 0 atom stereocenters. The van der Waals surface area contributed by atoms with Gasteiger partial charge < -0.3 is 14.5 Å². The molecule has 225 valence electrons. The third-order valence-electron chi connectivity index (χ3n) is 7.21. The van der Waals surface area contributed by atoms with Gasteiger partial charge >= 0.3 is 0 Å². The molecular weight excluding hydrogens is 723 g/mol. The number of furan rings is 1. The summed E-state index contributed by atoms with van der Waals surface area (Å²) in [5.41, 5.74) is 8.47. The van der Waals surface area contributed by atoms with Crippen molar-refractivity contribution in [2.45, 2.75) is 41.0 Å². The number of aryl methyl sites for hydroxylation is 1. The molecule has 2 heterocycles. The Kier molecular flexibility index (Phi) is 10.7. The fraction of sp³-hybridized carbons (Fsp3) is 0.179. The molecule has 0 saturated heterocycles. The molecule has 44 heavy (non-hydrogen) atoms. The fourth-order valence-corrected chi connectivity index (χ4v) is 5.47. The van der Waals surface area contributed by atoms with Crippen LogP contribution in [0.5, 0.6) is 0 Å². The van der Waals surface area contributed by atoms with Crippen molar-refractivity contribution in [3.05, 3.63) is 126 Å². The van der Waals surface area contributed by atoms with Crippen LogP contribution in [0.2, 0.25) is 0 Å². The minimum atomic E-state index is -0.125. The van der Waals surface area contributed by atoms with E-state index in [2.05, 4.69) is 99.6 Å². The van der Waals surface area contributed by atoms with Gasteiger partial charge in [-0.2, -0.15) is 0 Å². The summed E-state index contributed by atoms with van der Waals surface area (Å²) in [6.07, 6.45) is 4.14. The topological polar surface area (TPSA) is 63.3 Å². The van der Waals surface area contributed by atoms with Crippen molar-refractivity contribution >= 4 is 27.5 Å². The van der Waals surface area contributed by atoms with E-state index in [4.69, 9.17) is 14.5 Å². The van der Waals surface area contributed by atoms with Gasteiger partial charge in [-0.3, -0.25) is 4.79 Å². The van der Waals surface area contributed by atoms with Gasteiger partial charge in [0.25, 0.3) is 0 Å². The first-order valence-corrected chi connectivity index (χ1v) is 14.6. The van der Waals surface area contributed by atoms with E-state index >= 15 is 0 Å². The van der Waals surface area contributed by atoms with Crippen molar-refractivity contribution in [1.29, 1.82) is 0 Å². The van der Waals surface area contributed by atoms with E-state index in [1.807, 2.05) is 24.4 Å². The van der Waals surface area contributed by atoms with Crippen LogP contribution in [0.25, 0.3) is 55.4 Å². The Labute approximate surface area is 272 Å². The van der Waals surface area contributed by atoms with E-state index in [0.717, 1.165) is 62.0 Å². The first-order chi connectivity index (χ1) is 20.7. The van der Waals surface area contributed by atoms with Gasteiger partial charge in [-0.05, 0) is 72.3 Å². The zero-order chi connectivity index (χ0) is 30.5. The Balaban J connectivity index is 0.000000497. The van der Waals surface area contributed by atoms with Gasteiger partial charge in [0.15, 0.2) is 5.78 Å². The summed E-state index contributed by atoms with van der Waals surface area (Å²) >= 11 is 0. The van der Waals surface area contributed by atoms with Crippen LogP contribution in [0, 0.1) is 18.9 Å². The van der Waals surface area contributed by atoms with Crippen molar-refractivity contribution in [1.82, 2.24) is 4.98 Å². The maximum Gasteiger partial charge on any atom is 0.155 e. The number of nitrogens with zero attached hydrogens (tertiary/aromatic N) is 1. The Bertz CT molecular complexity index is 1920. The van der Waals surface area contributed by atoms with Gasteiger partial charge in [0.1, 0.15) is 5.76 Å². The first kappa shape index (κ1) is 32.6. The predicted octanol–water partition coefficient (Wildman–Crippen LogP) is 10.3. The monoisotopic (exact) mass is 759 g/mol. The molecular formula is C39H36IrNO3-. The predicted molar refractivity (Wildman–Crippen MR) is 177 cm³/mol. The molecule has 0 unspecified atom stereocenters. The van der Waals surface area contributed by atoms with E-state index in [1.54, 1.807) is 0 Å². The molecule has 0 amide bonds. The van der Waals surface area contributed by atoms with E-state index in [0.29, 0.717) is 5.92 Å². The number of ketones is 1. The summed E-state index contributed by atoms with van der Waals surface area (Å²) in [5.74, 6) is 1.45. The van der Waals surface area contributed by atoms with E-state index in [-0.39, 0.29) is 31.6 Å². The number of aliphatic hydroxyl groups excluding tert-OH is 1. The van der Waals surface area contributed by atoms with E-state index < -0.39 is 0 Å². The minimum absolute atomic E-state index is 0. The number of benzene rings is 4. The zero-order valence-electron chi connectivity index (χ0n) is 25.6. The molecule has 0 bridgehead atoms.